The number of fused-ring (bicyclic) bond motifs is 1. The van der Waals surface area contributed by atoms with Crippen molar-refractivity contribution in [3.05, 3.63) is 33.9 Å². The molecule has 1 aromatic heterocycles. The summed E-state index contributed by atoms with van der Waals surface area (Å²) < 4.78 is 48.4. The molecular weight excluding hydrogens is 420 g/mol. The fourth-order valence-corrected chi connectivity index (χ4v) is 6.92. The fourth-order valence-electron chi connectivity index (χ4n) is 4.00. The Labute approximate surface area is 173 Å². The van der Waals surface area contributed by atoms with Crippen LogP contribution in [0.3, 0.4) is 0 Å². The van der Waals surface area contributed by atoms with E-state index in [-0.39, 0.29) is 27.9 Å². The summed E-state index contributed by atoms with van der Waals surface area (Å²) >= 11 is 1.58. The van der Waals surface area contributed by atoms with Gasteiger partial charge in [0.2, 0.25) is 0 Å². The molecule has 1 aliphatic carbocycles. The lowest BCUT2D eigenvalue weighted by molar-refractivity contribution is 0.471. The monoisotopic (exact) mass is 445 g/mol. The van der Waals surface area contributed by atoms with E-state index in [1.54, 1.807) is 11.8 Å². The normalized spacial score (nSPS) is 21.5. The molecule has 4 N–H and O–H groups in total. The quantitative estimate of drug-likeness (QED) is 0.532. The number of H-pyrrole nitrogens is 1. The smallest absolute Gasteiger partial charge is 0.261 e. The van der Waals surface area contributed by atoms with Crippen LogP contribution in [-0.2, 0) is 5.75 Å². The number of nitrogens with zero attached hydrogens (tertiary/aromatic N) is 1. The van der Waals surface area contributed by atoms with Gasteiger partial charge in [0.25, 0.3) is 5.56 Å². The van der Waals surface area contributed by atoms with Crippen LogP contribution in [0.4, 0.5) is 14.5 Å². The highest BCUT2D eigenvalue weighted by Gasteiger charge is 2.25. The maximum absolute atomic E-state index is 14.5. The molecule has 0 radical (unpaired) electrons. The summed E-state index contributed by atoms with van der Waals surface area (Å²) in [6, 6.07) is 1.53. The molecule has 1 aliphatic heterocycles. The molecule has 0 amide bonds. The minimum absolute atomic E-state index is 0.0519. The van der Waals surface area contributed by atoms with Gasteiger partial charge in [-0.15, -0.1) is 0 Å². The molecule has 6 nitrogen and oxygen atoms in total. The lowest BCUT2D eigenvalue weighted by Crippen LogP contribution is -2.22. The Kier molecular flexibility index (Phi) is 6.06. The lowest BCUT2D eigenvalue weighted by Gasteiger charge is -2.38. The van der Waals surface area contributed by atoms with Crippen molar-refractivity contribution in [2.45, 2.75) is 55.6 Å². The van der Waals surface area contributed by atoms with Crippen LogP contribution in [-0.4, -0.2) is 41.9 Å². The number of aromatic nitrogens is 2. The molecule has 1 aromatic carbocycles. The van der Waals surface area contributed by atoms with Crippen molar-refractivity contribution in [2.75, 3.05) is 16.8 Å². The summed E-state index contributed by atoms with van der Waals surface area (Å²) in [6.45, 7) is 0. The number of hydrogen-bond acceptors (Lipinski definition) is 6. The molecule has 0 atom stereocenters. The third-order valence-electron chi connectivity index (χ3n) is 5.63. The van der Waals surface area contributed by atoms with Crippen LogP contribution >= 0.6 is 22.4 Å². The van der Waals surface area contributed by atoms with Crippen molar-refractivity contribution in [1.29, 1.82) is 0 Å². The van der Waals surface area contributed by atoms with Crippen LogP contribution in [0.15, 0.2) is 10.9 Å². The molecule has 0 bridgehead atoms. The maximum Gasteiger partial charge on any atom is 0.261 e. The average molecular weight is 446 g/mol. The third kappa shape index (κ3) is 4.70. The molecule has 2 fully saturated rings. The van der Waals surface area contributed by atoms with Gasteiger partial charge >= 0.3 is 0 Å². The highest BCUT2D eigenvalue weighted by Crippen LogP contribution is 2.46. The number of halogens is 2. The molecule has 2 aromatic rings. The summed E-state index contributed by atoms with van der Waals surface area (Å²) in [5, 5.41) is 2.94. The van der Waals surface area contributed by atoms with E-state index in [0.29, 0.717) is 35.9 Å². The molecule has 2 heterocycles. The van der Waals surface area contributed by atoms with Gasteiger partial charge in [0.1, 0.15) is 11.2 Å². The van der Waals surface area contributed by atoms with Crippen molar-refractivity contribution >= 4 is 38.9 Å². The Morgan fingerprint density at radius 2 is 1.86 bits per heavy atom. The molecule has 1 saturated carbocycles. The summed E-state index contributed by atoms with van der Waals surface area (Å²) in [5.41, 5.74) is -0.495. The molecule has 0 unspecified atom stereocenters. The zero-order chi connectivity index (χ0) is 20.6. The van der Waals surface area contributed by atoms with Crippen LogP contribution < -0.4 is 10.9 Å². The highest BCUT2D eigenvalue weighted by atomic mass is 32.3. The second-order valence-corrected chi connectivity index (χ2v) is 11.5. The first-order valence-electron chi connectivity index (χ1n) is 9.85. The van der Waals surface area contributed by atoms with E-state index < -0.39 is 27.8 Å². The van der Waals surface area contributed by atoms with E-state index in [4.69, 9.17) is 0 Å². The van der Waals surface area contributed by atoms with Crippen LogP contribution in [0.2, 0.25) is 0 Å². The Balaban J connectivity index is 1.55. The summed E-state index contributed by atoms with van der Waals surface area (Å²) in [7, 11) is -2.43. The van der Waals surface area contributed by atoms with E-state index in [2.05, 4.69) is 15.3 Å². The third-order valence-corrected chi connectivity index (χ3v) is 8.79. The number of thioether (sulfide) groups is 1. The zero-order valence-corrected chi connectivity index (χ0v) is 17.6. The largest absolute Gasteiger partial charge is 0.380 e. The lowest BCUT2D eigenvalue weighted by atomic mass is 10.1. The van der Waals surface area contributed by atoms with Crippen LogP contribution in [0.5, 0.6) is 0 Å². The number of nitrogens with one attached hydrogen (secondary N) is 2. The predicted octanol–water partition coefficient (Wildman–Crippen LogP) is 4.70. The van der Waals surface area contributed by atoms with E-state index in [0.717, 1.165) is 25.7 Å². The zero-order valence-electron chi connectivity index (χ0n) is 15.9. The Bertz CT molecular complexity index is 954. The minimum Gasteiger partial charge on any atom is -0.380 e. The fraction of sp³-hybridized carbons (Fsp3) is 0.579. The van der Waals surface area contributed by atoms with Crippen LogP contribution in [0, 0.1) is 11.6 Å². The standard InChI is InChI=1S/C19H25F2N3O3S2/c20-17-14(22-11-3-1-2-4-11)9-13-16(18(17)21)19(25)24-15(23-13)10-28-12-5-7-29(26,27)8-6-12/h9,11-12,22,26-27H,1-8,10H2,(H,23,24,25). The molecule has 10 heteroatoms. The van der Waals surface area contributed by atoms with E-state index in [9.17, 15) is 22.7 Å². The van der Waals surface area contributed by atoms with Crippen molar-refractivity contribution in [2.24, 2.45) is 0 Å². The van der Waals surface area contributed by atoms with E-state index in [1.807, 2.05) is 0 Å². The first-order chi connectivity index (χ1) is 13.8. The SMILES string of the molecule is O=c1[nH]c(CSC2CCS(O)(O)CC2)nc2cc(NC3CCCC3)c(F)c(F)c12. The molecular formula is C19H25F2N3O3S2. The molecule has 0 spiro atoms. The maximum atomic E-state index is 14.5. The van der Waals surface area contributed by atoms with Gasteiger partial charge < -0.3 is 10.3 Å². The minimum atomic E-state index is -2.43. The number of aromatic amines is 1. The number of anilines is 1. The Morgan fingerprint density at radius 1 is 1.17 bits per heavy atom. The summed E-state index contributed by atoms with van der Waals surface area (Å²) in [4.78, 5) is 19.3. The summed E-state index contributed by atoms with van der Waals surface area (Å²) in [5.74, 6) is -0.601. The van der Waals surface area contributed by atoms with Crippen molar-refractivity contribution in [3.63, 3.8) is 0 Å². The number of hydrogen-bond donors (Lipinski definition) is 4. The molecule has 160 valence electrons. The van der Waals surface area contributed by atoms with Crippen molar-refractivity contribution in [1.82, 2.24) is 9.97 Å². The number of benzene rings is 1. The molecule has 29 heavy (non-hydrogen) atoms. The van der Waals surface area contributed by atoms with Gasteiger partial charge in [-0.2, -0.15) is 22.4 Å². The van der Waals surface area contributed by atoms with Crippen molar-refractivity contribution in [3.8, 4) is 0 Å². The predicted molar refractivity (Wildman–Crippen MR) is 115 cm³/mol. The second kappa shape index (κ2) is 8.41. The van der Waals surface area contributed by atoms with Gasteiger partial charge in [-0.1, -0.05) is 12.8 Å². The van der Waals surface area contributed by atoms with Crippen LogP contribution in [0.25, 0.3) is 10.9 Å². The van der Waals surface area contributed by atoms with E-state index in [1.165, 1.54) is 6.07 Å². The Hall–Kier alpha value is -1.36. The summed E-state index contributed by atoms with van der Waals surface area (Å²) in [6.07, 6.45) is 5.34. The first kappa shape index (κ1) is 20.9. The van der Waals surface area contributed by atoms with Gasteiger partial charge in [-0.25, -0.2) is 13.8 Å². The van der Waals surface area contributed by atoms with Gasteiger partial charge in [0.05, 0.1) is 17.0 Å². The van der Waals surface area contributed by atoms with Gasteiger partial charge in [-0.3, -0.25) is 13.9 Å². The number of rotatable bonds is 5. The second-order valence-electron chi connectivity index (χ2n) is 7.81. The van der Waals surface area contributed by atoms with Gasteiger partial charge in [0.15, 0.2) is 11.6 Å². The van der Waals surface area contributed by atoms with Gasteiger partial charge in [-0.05, 0) is 31.7 Å². The first-order valence-corrected chi connectivity index (χ1v) is 12.8. The average Bonchev–Trinajstić information content (AvgIpc) is 3.18. The van der Waals surface area contributed by atoms with Crippen LogP contribution in [0.1, 0.15) is 44.3 Å². The Morgan fingerprint density at radius 3 is 2.55 bits per heavy atom. The topological polar surface area (TPSA) is 98.2 Å². The molecule has 4 rings (SSSR count). The highest BCUT2D eigenvalue weighted by molar-refractivity contribution is 8.24. The molecule has 2 aliphatic rings. The van der Waals surface area contributed by atoms with E-state index >= 15 is 0 Å². The van der Waals surface area contributed by atoms with Crippen molar-refractivity contribution < 1.29 is 17.9 Å². The molecule has 1 saturated heterocycles. The van der Waals surface area contributed by atoms with Gasteiger partial charge in [0, 0.05) is 22.8 Å².